The van der Waals surface area contributed by atoms with Crippen LogP contribution in [-0.4, -0.2) is 60.6 Å². The summed E-state index contributed by atoms with van der Waals surface area (Å²) < 4.78 is 26.3. The lowest BCUT2D eigenvalue weighted by Gasteiger charge is -2.30. The topological polar surface area (TPSA) is 116 Å². The summed E-state index contributed by atoms with van der Waals surface area (Å²) in [6.45, 7) is 3.87. The van der Waals surface area contributed by atoms with Crippen molar-refractivity contribution in [2.75, 3.05) is 13.6 Å². The number of nitrogens with zero attached hydrogens (tertiary/aromatic N) is 2. The number of amides is 4. The third-order valence-corrected chi connectivity index (χ3v) is 8.38. The Hall–Kier alpha value is -2.46. The molecule has 32 heavy (non-hydrogen) atoms. The molecule has 1 spiro atoms. The van der Waals surface area contributed by atoms with Crippen LogP contribution >= 0.6 is 0 Å². The second-order valence-corrected chi connectivity index (χ2v) is 10.8. The first-order chi connectivity index (χ1) is 15.1. The first-order valence-corrected chi connectivity index (χ1v) is 12.5. The van der Waals surface area contributed by atoms with Crippen molar-refractivity contribution in [3.63, 3.8) is 0 Å². The number of benzene rings is 1. The fraction of sp³-hybridized carbons (Fsp3) is 0.591. The van der Waals surface area contributed by atoms with Crippen LogP contribution < -0.4 is 10.6 Å². The molecule has 2 aliphatic rings. The van der Waals surface area contributed by atoms with Gasteiger partial charge in [-0.3, -0.25) is 14.5 Å². The van der Waals surface area contributed by atoms with Crippen molar-refractivity contribution in [3.8, 4) is 0 Å². The summed E-state index contributed by atoms with van der Waals surface area (Å²) in [5.74, 6) is -0.510. The third kappa shape index (κ3) is 4.96. The average Bonchev–Trinajstić information content (AvgIpc) is 2.99. The Balaban J connectivity index is 1.50. The lowest BCUT2D eigenvalue weighted by atomic mass is 9.82. The zero-order valence-electron chi connectivity index (χ0n) is 18.9. The van der Waals surface area contributed by atoms with Gasteiger partial charge in [-0.15, -0.1) is 0 Å². The number of hydrogen-bond donors (Lipinski definition) is 2. The Labute approximate surface area is 189 Å². The van der Waals surface area contributed by atoms with Gasteiger partial charge < -0.3 is 10.6 Å². The summed E-state index contributed by atoms with van der Waals surface area (Å²) in [5.41, 5.74) is -0.0296. The van der Waals surface area contributed by atoms with Crippen LogP contribution in [0.25, 0.3) is 0 Å². The Morgan fingerprint density at radius 1 is 1.16 bits per heavy atom. The number of sulfonamides is 1. The fourth-order valence-electron chi connectivity index (χ4n) is 4.10. The quantitative estimate of drug-likeness (QED) is 0.571. The Bertz CT molecular complexity index is 969. The molecule has 1 heterocycles. The molecule has 1 aromatic carbocycles. The summed E-state index contributed by atoms with van der Waals surface area (Å²) in [6, 6.07) is 5.78. The maximum absolute atomic E-state index is 12.7. The highest BCUT2D eigenvalue weighted by molar-refractivity contribution is 7.89. The minimum absolute atomic E-state index is 0.0148. The van der Waals surface area contributed by atoms with E-state index in [4.69, 9.17) is 0 Å². The second-order valence-electron chi connectivity index (χ2n) is 8.82. The van der Waals surface area contributed by atoms with Gasteiger partial charge in [-0.25, -0.2) is 13.2 Å². The molecule has 9 nitrogen and oxygen atoms in total. The zero-order chi connectivity index (χ0) is 23.5. The van der Waals surface area contributed by atoms with Gasteiger partial charge in [-0.2, -0.15) is 4.31 Å². The molecule has 3 rings (SSSR count). The molecule has 0 unspecified atom stereocenters. The van der Waals surface area contributed by atoms with Gasteiger partial charge in [0.15, 0.2) is 0 Å². The predicted molar refractivity (Wildman–Crippen MR) is 119 cm³/mol. The molecule has 176 valence electrons. The van der Waals surface area contributed by atoms with E-state index in [0.29, 0.717) is 12.8 Å². The molecule has 10 heteroatoms. The van der Waals surface area contributed by atoms with E-state index in [0.717, 1.165) is 29.7 Å². The number of hydrogen-bond acceptors (Lipinski definition) is 5. The molecule has 0 radical (unpaired) electrons. The Morgan fingerprint density at radius 3 is 2.38 bits per heavy atom. The van der Waals surface area contributed by atoms with E-state index < -0.39 is 21.6 Å². The normalized spacial score (nSPS) is 18.5. The van der Waals surface area contributed by atoms with Crippen molar-refractivity contribution in [1.82, 2.24) is 19.8 Å². The smallest absolute Gasteiger partial charge is 0.325 e. The van der Waals surface area contributed by atoms with Gasteiger partial charge >= 0.3 is 6.03 Å². The first kappa shape index (κ1) is 24.2. The zero-order valence-corrected chi connectivity index (χ0v) is 19.7. The molecule has 1 saturated heterocycles. The van der Waals surface area contributed by atoms with E-state index >= 15 is 0 Å². The molecule has 2 N–H and O–H groups in total. The predicted octanol–water partition coefficient (Wildman–Crippen LogP) is 1.98. The number of carbonyl (C=O) groups excluding carboxylic acids is 3. The van der Waals surface area contributed by atoms with E-state index in [1.54, 1.807) is 26.0 Å². The van der Waals surface area contributed by atoms with Crippen LogP contribution in [0.5, 0.6) is 0 Å². The molecule has 1 saturated carbocycles. The fourth-order valence-corrected chi connectivity index (χ4v) is 5.47. The van der Waals surface area contributed by atoms with E-state index in [1.165, 1.54) is 23.5 Å². The number of nitrogens with one attached hydrogen (secondary N) is 2. The summed E-state index contributed by atoms with van der Waals surface area (Å²) in [6.07, 6.45) is 4.20. The van der Waals surface area contributed by atoms with Gasteiger partial charge in [0, 0.05) is 32.6 Å². The monoisotopic (exact) mass is 464 g/mol. The van der Waals surface area contributed by atoms with Gasteiger partial charge in [-0.1, -0.05) is 31.4 Å². The van der Waals surface area contributed by atoms with Gasteiger partial charge in [0.05, 0.1) is 4.90 Å². The van der Waals surface area contributed by atoms with Crippen LogP contribution in [-0.2, 0) is 26.2 Å². The largest absolute Gasteiger partial charge is 0.352 e. The molecule has 0 aromatic heterocycles. The van der Waals surface area contributed by atoms with Crippen molar-refractivity contribution < 1.29 is 22.8 Å². The molecular formula is C22H32N4O5S. The lowest BCUT2D eigenvalue weighted by Crippen LogP contribution is -2.48. The van der Waals surface area contributed by atoms with Crippen LogP contribution in [0, 0.1) is 0 Å². The minimum Gasteiger partial charge on any atom is -0.352 e. The van der Waals surface area contributed by atoms with Crippen LogP contribution in [0.3, 0.4) is 0 Å². The second kappa shape index (κ2) is 9.58. The summed E-state index contributed by atoms with van der Waals surface area (Å²) in [7, 11) is -2.02. The summed E-state index contributed by atoms with van der Waals surface area (Å²) in [5, 5.41) is 5.59. The van der Waals surface area contributed by atoms with Crippen LogP contribution in [0.1, 0.15) is 57.9 Å². The van der Waals surface area contributed by atoms with Crippen molar-refractivity contribution in [2.45, 2.75) is 75.4 Å². The van der Waals surface area contributed by atoms with Crippen LogP contribution in [0.2, 0.25) is 0 Å². The SMILES string of the molecule is CC(C)N(C)S(=O)(=O)c1ccc(CNC(=O)CCN2C(=O)NC3(CCCCC3)C2=O)cc1. The molecule has 2 fully saturated rings. The molecular weight excluding hydrogens is 432 g/mol. The van der Waals surface area contributed by atoms with E-state index in [-0.39, 0.29) is 42.3 Å². The summed E-state index contributed by atoms with van der Waals surface area (Å²) in [4.78, 5) is 38.6. The van der Waals surface area contributed by atoms with Crippen LogP contribution in [0.4, 0.5) is 4.79 Å². The van der Waals surface area contributed by atoms with Gasteiger partial charge in [0.25, 0.3) is 5.91 Å². The Morgan fingerprint density at radius 2 is 1.78 bits per heavy atom. The highest BCUT2D eigenvalue weighted by Crippen LogP contribution is 2.33. The van der Waals surface area contributed by atoms with Crippen molar-refractivity contribution in [1.29, 1.82) is 0 Å². The van der Waals surface area contributed by atoms with Crippen molar-refractivity contribution in [3.05, 3.63) is 29.8 Å². The number of imide groups is 1. The average molecular weight is 465 g/mol. The molecule has 1 aromatic rings. The summed E-state index contributed by atoms with van der Waals surface area (Å²) >= 11 is 0. The van der Waals surface area contributed by atoms with Crippen molar-refractivity contribution in [2.24, 2.45) is 0 Å². The van der Waals surface area contributed by atoms with Crippen LogP contribution in [0.15, 0.2) is 29.2 Å². The lowest BCUT2D eigenvalue weighted by molar-refractivity contribution is -0.132. The van der Waals surface area contributed by atoms with E-state index in [9.17, 15) is 22.8 Å². The highest BCUT2D eigenvalue weighted by Gasteiger charge is 2.51. The maximum atomic E-state index is 12.7. The van der Waals surface area contributed by atoms with E-state index in [1.807, 2.05) is 0 Å². The van der Waals surface area contributed by atoms with Gasteiger partial charge in [0.1, 0.15) is 5.54 Å². The van der Waals surface area contributed by atoms with E-state index in [2.05, 4.69) is 10.6 Å². The van der Waals surface area contributed by atoms with Gasteiger partial charge in [-0.05, 0) is 44.4 Å². The van der Waals surface area contributed by atoms with Gasteiger partial charge in [0.2, 0.25) is 15.9 Å². The minimum atomic E-state index is -3.56. The maximum Gasteiger partial charge on any atom is 0.325 e. The first-order valence-electron chi connectivity index (χ1n) is 11.0. The standard InChI is InChI=1S/C22H32N4O5S/c1-16(2)25(3)32(30,31)18-9-7-17(8-10-18)15-23-19(27)11-14-26-20(28)22(24-21(26)29)12-5-4-6-13-22/h7-10,16H,4-6,11-15H2,1-3H3,(H,23,27)(H,24,29). The molecule has 4 amide bonds. The van der Waals surface area contributed by atoms with Crippen molar-refractivity contribution >= 4 is 27.9 Å². The molecule has 1 aliphatic carbocycles. The molecule has 0 bridgehead atoms. The molecule has 1 aliphatic heterocycles. The number of rotatable bonds is 8. The number of carbonyl (C=O) groups is 3. The number of urea groups is 1. The Kier molecular flexibility index (Phi) is 7.24. The third-order valence-electron chi connectivity index (χ3n) is 6.33. The highest BCUT2D eigenvalue weighted by atomic mass is 32.2. The molecule has 0 atom stereocenters.